The first-order valence-corrected chi connectivity index (χ1v) is 5.18. The second-order valence-electron chi connectivity index (χ2n) is 4.19. The highest BCUT2D eigenvalue weighted by molar-refractivity contribution is 4.79. The SMILES string of the molecule is CC1CCCN(CC(O)CO)C1C. The third-order valence-electron chi connectivity index (χ3n) is 3.16. The molecule has 0 saturated carbocycles. The number of piperidine rings is 1. The maximum absolute atomic E-state index is 9.32. The van der Waals surface area contributed by atoms with Crippen LogP contribution in [0, 0.1) is 5.92 Å². The van der Waals surface area contributed by atoms with Gasteiger partial charge >= 0.3 is 0 Å². The number of hydrogen-bond donors (Lipinski definition) is 2. The van der Waals surface area contributed by atoms with E-state index in [1.807, 2.05) is 0 Å². The van der Waals surface area contributed by atoms with Crippen molar-refractivity contribution in [1.82, 2.24) is 4.90 Å². The Morgan fingerprint density at radius 1 is 1.46 bits per heavy atom. The molecule has 0 aromatic heterocycles. The molecule has 1 aliphatic rings. The molecular weight excluding hydrogens is 166 g/mol. The fourth-order valence-corrected chi connectivity index (χ4v) is 2.01. The molecule has 1 rings (SSSR count). The van der Waals surface area contributed by atoms with Crippen LogP contribution in [0.4, 0.5) is 0 Å². The molecule has 1 fully saturated rings. The van der Waals surface area contributed by atoms with Gasteiger partial charge in [0.15, 0.2) is 0 Å². The highest BCUT2D eigenvalue weighted by atomic mass is 16.3. The average Bonchev–Trinajstić information content (AvgIpc) is 2.13. The van der Waals surface area contributed by atoms with E-state index in [0.717, 1.165) is 6.54 Å². The van der Waals surface area contributed by atoms with Gasteiger partial charge in [-0.15, -0.1) is 0 Å². The molecule has 1 aliphatic heterocycles. The Hall–Kier alpha value is -0.120. The van der Waals surface area contributed by atoms with Crippen molar-refractivity contribution in [2.75, 3.05) is 19.7 Å². The molecule has 0 aromatic rings. The summed E-state index contributed by atoms with van der Waals surface area (Å²) in [5.41, 5.74) is 0. The van der Waals surface area contributed by atoms with Gasteiger partial charge in [0.2, 0.25) is 0 Å². The number of rotatable bonds is 3. The van der Waals surface area contributed by atoms with E-state index in [9.17, 15) is 5.11 Å². The first-order valence-electron chi connectivity index (χ1n) is 5.18. The van der Waals surface area contributed by atoms with E-state index in [1.54, 1.807) is 0 Å². The Balaban J connectivity index is 2.39. The molecule has 0 spiro atoms. The third kappa shape index (κ3) is 2.93. The number of β-amino-alcohol motifs (C(OH)–C–C–N with tert-alkyl or cyclic N) is 1. The fraction of sp³-hybridized carbons (Fsp3) is 1.00. The molecule has 0 bridgehead atoms. The Morgan fingerprint density at radius 3 is 2.77 bits per heavy atom. The molecular formula is C10H21NO2. The zero-order valence-corrected chi connectivity index (χ0v) is 8.61. The summed E-state index contributed by atoms with van der Waals surface area (Å²) in [5, 5.41) is 18.1. The topological polar surface area (TPSA) is 43.7 Å². The summed E-state index contributed by atoms with van der Waals surface area (Å²) in [6.07, 6.45) is 1.92. The summed E-state index contributed by atoms with van der Waals surface area (Å²) in [7, 11) is 0. The molecule has 2 N–H and O–H groups in total. The predicted octanol–water partition coefficient (Wildman–Crippen LogP) is 0.460. The predicted molar refractivity (Wildman–Crippen MR) is 52.5 cm³/mol. The van der Waals surface area contributed by atoms with Gasteiger partial charge in [0.05, 0.1) is 12.7 Å². The molecule has 0 aromatic carbocycles. The molecule has 78 valence electrons. The van der Waals surface area contributed by atoms with Gasteiger partial charge in [-0.3, -0.25) is 4.90 Å². The van der Waals surface area contributed by atoms with Crippen molar-refractivity contribution in [2.24, 2.45) is 5.92 Å². The van der Waals surface area contributed by atoms with Gasteiger partial charge in [-0.05, 0) is 32.2 Å². The number of aliphatic hydroxyl groups is 2. The summed E-state index contributed by atoms with van der Waals surface area (Å²) in [6.45, 7) is 6.00. The van der Waals surface area contributed by atoms with Crippen molar-refractivity contribution in [1.29, 1.82) is 0 Å². The van der Waals surface area contributed by atoms with E-state index in [1.165, 1.54) is 12.8 Å². The van der Waals surface area contributed by atoms with Crippen LogP contribution in [-0.2, 0) is 0 Å². The van der Waals surface area contributed by atoms with Crippen molar-refractivity contribution in [3.63, 3.8) is 0 Å². The van der Waals surface area contributed by atoms with Crippen LogP contribution in [0.2, 0.25) is 0 Å². The van der Waals surface area contributed by atoms with E-state index >= 15 is 0 Å². The Morgan fingerprint density at radius 2 is 2.15 bits per heavy atom. The third-order valence-corrected chi connectivity index (χ3v) is 3.16. The van der Waals surface area contributed by atoms with Crippen LogP contribution in [0.1, 0.15) is 26.7 Å². The first-order chi connectivity index (χ1) is 6.15. The highest BCUT2D eigenvalue weighted by Gasteiger charge is 2.25. The van der Waals surface area contributed by atoms with Crippen molar-refractivity contribution < 1.29 is 10.2 Å². The lowest BCUT2D eigenvalue weighted by atomic mass is 9.92. The number of hydrogen-bond acceptors (Lipinski definition) is 3. The second-order valence-corrected chi connectivity index (χ2v) is 4.19. The summed E-state index contributed by atoms with van der Waals surface area (Å²) < 4.78 is 0. The summed E-state index contributed by atoms with van der Waals surface area (Å²) >= 11 is 0. The standard InChI is InChI=1S/C10H21NO2/c1-8-4-3-5-11(9(8)2)6-10(13)7-12/h8-10,12-13H,3-7H2,1-2H3. The van der Waals surface area contributed by atoms with Crippen molar-refractivity contribution in [3.8, 4) is 0 Å². The van der Waals surface area contributed by atoms with E-state index in [0.29, 0.717) is 18.5 Å². The molecule has 1 heterocycles. The van der Waals surface area contributed by atoms with Crippen LogP contribution in [0.25, 0.3) is 0 Å². The summed E-state index contributed by atoms with van der Waals surface area (Å²) in [6, 6.07) is 0.537. The van der Waals surface area contributed by atoms with Gasteiger partial charge < -0.3 is 10.2 Å². The molecule has 0 radical (unpaired) electrons. The number of likely N-dealkylation sites (tertiary alicyclic amines) is 1. The lowest BCUT2D eigenvalue weighted by molar-refractivity contribution is 0.0236. The number of nitrogens with zero attached hydrogens (tertiary/aromatic N) is 1. The van der Waals surface area contributed by atoms with E-state index in [4.69, 9.17) is 5.11 Å². The minimum Gasteiger partial charge on any atom is -0.394 e. The highest BCUT2D eigenvalue weighted by Crippen LogP contribution is 2.22. The monoisotopic (exact) mass is 187 g/mol. The lowest BCUT2D eigenvalue weighted by Gasteiger charge is -2.38. The molecule has 0 amide bonds. The summed E-state index contributed by atoms with van der Waals surface area (Å²) in [5.74, 6) is 0.708. The van der Waals surface area contributed by atoms with E-state index in [-0.39, 0.29) is 6.61 Å². The normalized spacial score (nSPS) is 33.2. The van der Waals surface area contributed by atoms with Crippen LogP contribution >= 0.6 is 0 Å². The molecule has 3 nitrogen and oxygen atoms in total. The molecule has 0 aliphatic carbocycles. The van der Waals surface area contributed by atoms with Crippen molar-refractivity contribution in [3.05, 3.63) is 0 Å². The Labute approximate surface area is 80.4 Å². The van der Waals surface area contributed by atoms with Crippen LogP contribution in [0.15, 0.2) is 0 Å². The fourth-order valence-electron chi connectivity index (χ4n) is 2.01. The minimum absolute atomic E-state index is 0.127. The van der Waals surface area contributed by atoms with Gasteiger partial charge in [0.1, 0.15) is 0 Å². The molecule has 13 heavy (non-hydrogen) atoms. The second kappa shape index (κ2) is 4.94. The number of aliphatic hydroxyl groups excluding tert-OH is 2. The van der Waals surface area contributed by atoms with Crippen LogP contribution in [-0.4, -0.2) is 47.0 Å². The Kier molecular flexibility index (Phi) is 4.16. The van der Waals surface area contributed by atoms with Crippen LogP contribution in [0.3, 0.4) is 0 Å². The van der Waals surface area contributed by atoms with Crippen LogP contribution < -0.4 is 0 Å². The van der Waals surface area contributed by atoms with Crippen LogP contribution in [0.5, 0.6) is 0 Å². The molecule has 3 unspecified atom stereocenters. The Bertz CT molecular complexity index is 152. The smallest absolute Gasteiger partial charge is 0.0897 e. The maximum atomic E-state index is 9.32. The van der Waals surface area contributed by atoms with Gasteiger partial charge in [-0.2, -0.15) is 0 Å². The quantitative estimate of drug-likeness (QED) is 0.674. The maximum Gasteiger partial charge on any atom is 0.0897 e. The summed E-state index contributed by atoms with van der Waals surface area (Å²) in [4.78, 5) is 2.27. The van der Waals surface area contributed by atoms with E-state index in [2.05, 4.69) is 18.7 Å². The van der Waals surface area contributed by atoms with E-state index < -0.39 is 6.10 Å². The zero-order chi connectivity index (χ0) is 9.84. The van der Waals surface area contributed by atoms with Crippen molar-refractivity contribution >= 4 is 0 Å². The first kappa shape index (κ1) is 11.0. The lowest BCUT2D eigenvalue weighted by Crippen LogP contribution is -2.46. The van der Waals surface area contributed by atoms with Gasteiger partial charge in [-0.1, -0.05) is 6.92 Å². The van der Waals surface area contributed by atoms with Crippen molar-refractivity contribution in [2.45, 2.75) is 38.8 Å². The van der Waals surface area contributed by atoms with Gasteiger partial charge in [0, 0.05) is 12.6 Å². The minimum atomic E-state index is -0.576. The molecule has 3 atom stereocenters. The average molecular weight is 187 g/mol. The zero-order valence-electron chi connectivity index (χ0n) is 8.61. The van der Waals surface area contributed by atoms with Gasteiger partial charge in [0.25, 0.3) is 0 Å². The molecule has 1 saturated heterocycles. The molecule has 3 heteroatoms. The largest absolute Gasteiger partial charge is 0.394 e. The van der Waals surface area contributed by atoms with Gasteiger partial charge in [-0.25, -0.2) is 0 Å².